The standard InChI is InChI=1S/C31H47F2N3O4/c1-6-9-36(10-7-2)29(39)23-11-20(4)16-31(17-23,30(34)40)26(14-22-12-24(32)15-25(33)13-22)28(38)18-35-27(19-37)21(5)8-3/h11-13,15-16,21,26-28,35,37-38H,6-10,14,17-19H2,1-5H3,(H2,34,40)/t21-,26+,27-,28-,31?/m0/s1. The molecule has 2 rings (SSSR count). The highest BCUT2D eigenvalue weighted by molar-refractivity contribution is 5.96. The zero-order valence-electron chi connectivity index (χ0n) is 24.6. The van der Waals surface area contributed by atoms with Crippen LogP contribution in [0.2, 0.25) is 0 Å². The van der Waals surface area contributed by atoms with Gasteiger partial charge in [-0.15, -0.1) is 0 Å². The lowest BCUT2D eigenvalue weighted by Gasteiger charge is -2.42. The Morgan fingerprint density at radius 1 is 1.12 bits per heavy atom. The van der Waals surface area contributed by atoms with Gasteiger partial charge in [0.2, 0.25) is 11.8 Å². The quantitative estimate of drug-likeness (QED) is 0.244. The molecule has 0 heterocycles. The molecule has 9 heteroatoms. The van der Waals surface area contributed by atoms with Crippen molar-refractivity contribution in [2.75, 3.05) is 26.2 Å². The lowest BCUT2D eigenvalue weighted by Crippen LogP contribution is -2.53. The summed E-state index contributed by atoms with van der Waals surface area (Å²) in [4.78, 5) is 28.7. The Balaban J connectivity index is 2.56. The lowest BCUT2D eigenvalue weighted by molar-refractivity contribution is -0.132. The van der Waals surface area contributed by atoms with Gasteiger partial charge in [-0.05, 0) is 56.2 Å². The first kappa shape index (κ1) is 33.6. The van der Waals surface area contributed by atoms with E-state index in [9.17, 15) is 28.6 Å². The number of nitrogens with zero attached hydrogens (tertiary/aromatic N) is 1. The van der Waals surface area contributed by atoms with E-state index in [0.717, 1.165) is 25.3 Å². The molecule has 1 aromatic carbocycles. The number of amides is 2. The highest BCUT2D eigenvalue weighted by atomic mass is 19.1. The number of rotatable bonds is 16. The van der Waals surface area contributed by atoms with E-state index in [4.69, 9.17) is 5.73 Å². The van der Waals surface area contributed by atoms with Crippen molar-refractivity contribution in [3.63, 3.8) is 0 Å². The molecule has 5 atom stereocenters. The molecule has 2 amide bonds. The van der Waals surface area contributed by atoms with E-state index in [1.54, 1.807) is 24.0 Å². The van der Waals surface area contributed by atoms with Crippen molar-refractivity contribution >= 4 is 11.8 Å². The first-order chi connectivity index (χ1) is 18.9. The molecule has 1 aliphatic rings. The van der Waals surface area contributed by atoms with Gasteiger partial charge in [0.15, 0.2) is 0 Å². The summed E-state index contributed by atoms with van der Waals surface area (Å²) in [6.07, 6.45) is 4.47. The third kappa shape index (κ3) is 8.44. The summed E-state index contributed by atoms with van der Waals surface area (Å²) in [6, 6.07) is 2.81. The van der Waals surface area contributed by atoms with E-state index in [-0.39, 0.29) is 49.4 Å². The van der Waals surface area contributed by atoms with E-state index in [2.05, 4.69) is 5.32 Å². The SMILES string of the molecule is CCCN(CCC)C(=O)C1=CC(C)=CC(C(N)=O)([C@H](Cc2cc(F)cc(F)c2)[C@@H](O)CN[C@@H](CO)[C@@H](C)CC)C1. The molecule has 0 aliphatic heterocycles. The fraction of sp³-hybridized carbons (Fsp3) is 0.613. The zero-order chi connectivity index (χ0) is 30.0. The number of halogens is 2. The van der Waals surface area contributed by atoms with Crippen LogP contribution in [0.5, 0.6) is 0 Å². The van der Waals surface area contributed by atoms with Crippen molar-refractivity contribution in [1.29, 1.82) is 0 Å². The molecule has 0 bridgehead atoms. The van der Waals surface area contributed by atoms with Gasteiger partial charge in [-0.3, -0.25) is 9.59 Å². The highest BCUT2D eigenvalue weighted by Crippen LogP contribution is 2.44. The van der Waals surface area contributed by atoms with Gasteiger partial charge in [0.1, 0.15) is 11.6 Å². The van der Waals surface area contributed by atoms with Crippen molar-refractivity contribution in [1.82, 2.24) is 10.2 Å². The molecule has 5 N–H and O–H groups in total. The normalized spacial score (nSPS) is 20.2. The number of allylic oxidation sites excluding steroid dienone is 2. The minimum Gasteiger partial charge on any atom is -0.395 e. The van der Waals surface area contributed by atoms with Crippen LogP contribution >= 0.6 is 0 Å². The fourth-order valence-corrected chi connectivity index (χ4v) is 5.70. The monoisotopic (exact) mass is 563 g/mol. The van der Waals surface area contributed by atoms with Gasteiger partial charge in [0.05, 0.1) is 18.1 Å². The Kier molecular flexibility index (Phi) is 12.9. The van der Waals surface area contributed by atoms with Crippen LogP contribution in [-0.2, 0) is 16.0 Å². The Morgan fingerprint density at radius 2 is 1.73 bits per heavy atom. The maximum absolute atomic E-state index is 14.2. The summed E-state index contributed by atoms with van der Waals surface area (Å²) in [7, 11) is 0. The lowest BCUT2D eigenvalue weighted by atomic mass is 9.63. The summed E-state index contributed by atoms with van der Waals surface area (Å²) in [5, 5.41) is 24.6. The first-order valence-electron chi connectivity index (χ1n) is 14.4. The van der Waals surface area contributed by atoms with Crippen LogP contribution in [0, 0.1) is 28.9 Å². The molecule has 0 radical (unpaired) electrons. The predicted octanol–water partition coefficient (Wildman–Crippen LogP) is 3.88. The van der Waals surface area contributed by atoms with Crippen LogP contribution in [0.3, 0.4) is 0 Å². The van der Waals surface area contributed by atoms with Gasteiger partial charge >= 0.3 is 0 Å². The zero-order valence-corrected chi connectivity index (χ0v) is 24.6. The van der Waals surface area contributed by atoms with Gasteiger partial charge in [-0.2, -0.15) is 0 Å². The van der Waals surface area contributed by atoms with E-state index < -0.39 is 35.0 Å². The van der Waals surface area contributed by atoms with Crippen LogP contribution < -0.4 is 11.1 Å². The average molecular weight is 564 g/mol. The van der Waals surface area contributed by atoms with Gasteiger partial charge in [-0.25, -0.2) is 8.78 Å². The second-order valence-electron chi connectivity index (χ2n) is 11.2. The number of primary amides is 1. The van der Waals surface area contributed by atoms with Crippen LogP contribution in [0.25, 0.3) is 0 Å². The largest absolute Gasteiger partial charge is 0.395 e. The Morgan fingerprint density at radius 3 is 2.23 bits per heavy atom. The number of carbonyl (C=O) groups excluding carboxylic acids is 2. The van der Waals surface area contributed by atoms with Crippen molar-refractivity contribution < 1.29 is 28.6 Å². The molecule has 0 aromatic heterocycles. The molecule has 0 spiro atoms. The number of hydrogen-bond acceptors (Lipinski definition) is 5. The molecule has 0 saturated heterocycles. The van der Waals surface area contributed by atoms with Crippen LogP contribution in [0.4, 0.5) is 8.78 Å². The first-order valence-corrected chi connectivity index (χ1v) is 14.4. The van der Waals surface area contributed by atoms with E-state index in [1.807, 2.05) is 27.7 Å². The van der Waals surface area contributed by atoms with Gasteiger partial charge in [0, 0.05) is 43.2 Å². The number of nitrogens with two attached hydrogens (primary N) is 1. The van der Waals surface area contributed by atoms with E-state index in [0.29, 0.717) is 24.2 Å². The number of carbonyl (C=O) groups is 2. The van der Waals surface area contributed by atoms with E-state index in [1.165, 1.54) is 12.1 Å². The number of benzene rings is 1. The maximum atomic E-state index is 14.2. The Bertz CT molecular complexity index is 1050. The number of nitrogens with one attached hydrogen (secondary N) is 1. The number of aliphatic hydroxyl groups is 2. The van der Waals surface area contributed by atoms with Gasteiger partial charge < -0.3 is 26.2 Å². The van der Waals surface area contributed by atoms with Crippen LogP contribution in [0.1, 0.15) is 65.9 Å². The van der Waals surface area contributed by atoms with Gasteiger partial charge in [-0.1, -0.05) is 51.8 Å². The highest BCUT2D eigenvalue weighted by Gasteiger charge is 2.48. The summed E-state index contributed by atoms with van der Waals surface area (Å²) < 4.78 is 28.3. The summed E-state index contributed by atoms with van der Waals surface area (Å²) in [6.45, 7) is 10.7. The fourth-order valence-electron chi connectivity index (χ4n) is 5.70. The minimum atomic E-state index is -1.50. The van der Waals surface area contributed by atoms with Crippen LogP contribution in [0.15, 0.2) is 41.5 Å². The third-order valence-electron chi connectivity index (χ3n) is 8.00. The second kappa shape index (κ2) is 15.4. The van der Waals surface area contributed by atoms with E-state index >= 15 is 0 Å². The Hall–Kier alpha value is -2.62. The number of hydrogen-bond donors (Lipinski definition) is 4. The van der Waals surface area contributed by atoms with Crippen molar-refractivity contribution in [3.8, 4) is 0 Å². The molecule has 40 heavy (non-hydrogen) atoms. The molecule has 1 aromatic rings. The Labute approximate surface area is 237 Å². The summed E-state index contributed by atoms with van der Waals surface area (Å²) >= 11 is 0. The summed E-state index contributed by atoms with van der Waals surface area (Å²) in [5.74, 6) is -3.27. The molecular formula is C31H47F2N3O4. The molecule has 224 valence electrons. The molecule has 1 unspecified atom stereocenters. The predicted molar refractivity (Wildman–Crippen MR) is 153 cm³/mol. The molecule has 7 nitrogen and oxygen atoms in total. The minimum absolute atomic E-state index is 0.00470. The molecule has 0 fully saturated rings. The summed E-state index contributed by atoms with van der Waals surface area (Å²) in [5.41, 5.74) is 5.88. The number of aliphatic hydroxyl groups excluding tert-OH is 2. The molecule has 0 saturated carbocycles. The smallest absolute Gasteiger partial charge is 0.249 e. The molecular weight excluding hydrogens is 516 g/mol. The topological polar surface area (TPSA) is 116 Å². The second-order valence-corrected chi connectivity index (χ2v) is 11.2. The van der Waals surface area contributed by atoms with Crippen molar-refractivity contribution in [3.05, 3.63) is 58.7 Å². The van der Waals surface area contributed by atoms with Gasteiger partial charge in [0.25, 0.3) is 0 Å². The van der Waals surface area contributed by atoms with Crippen molar-refractivity contribution in [2.24, 2.45) is 23.0 Å². The van der Waals surface area contributed by atoms with Crippen LogP contribution in [-0.4, -0.2) is 65.3 Å². The average Bonchev–Trinajstić information content (AvgIpc) is 2.90. The van der Waals surface area contributed by atoms with Crippen molar-refractivity contribution in [2.45, 2.75) is 78.9 Å². The molecule has 1 aliphatic carbocycles. The maximum Gasteiger partial charge on any atom is 0.249 e. The third-order valence-corrected chi connectivity index (χ3v) is 8.00.